The van der Waals surface area contributed by atoms with Gasteiger partial charge in [0.05, 0.1) is 22.1 Å². The van der Waals surface area contributed by atoms with E-state index < -0.39 is 6.98 Å². The predicted molar refractivity (Wildman–Crippen MR) is 186 cm³/mol. The van der Waals surface area contributed by atoms with Crippen molar-refractivity contribution in [1.82, 2.24) is 14.0 Å². The third kappa shape index (κ3) is 5.10. The van der Waals surface area contributed by atoms with E-state index in [9.17, 15) is 0 Å². The van der Waals surface area contributed by atoms with Crippen molar-refractivity contribution in [3.8, 4) is 17.2 Å². The fraction of sp³-hybridized carbons (Fsp3) is 0.179. The molecule has 45 heavy (non-hydrogen) atoms. The van der Waals surface area contributed by atoms with Crippen LogP contribution in [0.15, 0.2) is 104 Å². The van der Waals surface area contributed by atoms with Crippen LogP contribution in [0.5, 0.6) is 11.5 Å². The summed E-state index contributed by atoms with van der Waals surface area (Å²) >= 11 is 0. The monoisotopic (exact) mass is 592 g/mol. The minimum Gasteiger partial charge on any atom is -0.457 e. The average molecular weight is 593 g/mol. The second-order valence-corrected chi connectivity index (χ2v) is 12.3. The van der Waals surface area contributed by atoms with Gasteiger partial charge in [0.2, 0.25) is 6.33 Å². The molecule has 0 radical (unpaired) electrons. The Balaban J connectivity index is 1.38. The molecule has 0 aliphatic rings. The smallest absolute Gasteiger partial charge is 0.329 e. The molecule has 0 amide bonds. The maximum absolute atomic E-state index is 7.70. The van der Waals surface area contributed by atoms with Crippen LogP contribution in [0.3, 0.4) is 0 Å². The summed E-state index contributed by atoms with van der Waals surface area (Å²) in [6.07, 6.45) is 6.68. The molecule has 0 aliphatic carbocycles. The highest BCUT2D eigenvalue weighted by molar-refractivity contribution is 6.86. The van der Waals surface area contributed by atoms with Crippen LogP contribution < -0.4 is 20.2 Å². The van der Waals surface area contributed by atoms with Crippen molar-refractivity contribution < 1.29 is 13.4 Å². The molecule has 0 aliphatic heterocycles. The Kier molecular flexibility index (Phi) is 6.24. The minimum atomic E-state index is -2.24. The first kappa shape index (κ1) is 25.3. The zero-order valence-corrected chi connectivity index (χ0v) is 26.6. The van der Waals surface area contributed by atoms with E-state index in [4.69, 9.17) is 13.8 Å². The van der Waals surface area contributed by atoms with Gasteiger partial charge in [-0.3, -0.25) is 4.98 Å². The number of benzene rings is 4. The van der Waals surface area contributed by atoms with Gasteiger partial charge in [0.15, 0.2) is 0 Å². The molecule has 0 unspecified atom stereocenters. The maximum atomic E-state index is 7.70. The maximum Gasteiger partial charge on any atom is 0.329 e. The van der Waals surface area contributed by atoms with Crippen molar-refractivity contribution >= 4 is 39.7 Å². The van der Waals surface area contributed by atoms with Gasteiger partial charge in [0.25, 0.3) is 0 Å². The third-order valence-corrected chi connectivity index (χ3v) is 8.80. The zero-order chi connectivity index (χ0) is 33.9. The second-order valence-electron chi connectivity index (χ2n) is 12.3. The van der Waals surface area contributed by atoms with Gasteiger partial charge in [-0.15, -0.1) is 0 Å². The number of ether oxygens (including phenoxy) is 1. The number of rotatable bonds is 6. The molecule has 7 rings (SSSR count). The standard InChI is InChI=1S/C39H38BN4O/c1-25-18-27(3)37(28(4)19-25)40(38-29(5)20-26(2)21-30(38)6)44-35-14-13-33(23-34(35)39-36(44)12-9-15-41-39)45-32-11-8-10-31(22-32)43-17-16-42(7)24-43/h8-24H,1-7H3/q+1/i7D3. The molecule has 5 nitrogen and oxygen atoms in total. The first-order valence-electron chi connectivity index (χ1n) is 16.8. The lowest BCUT2D eigenvalue weighted by Crippen LogP contribution is -2.53. The molecule has 3 aromatic heterocycles. The van der Waals surface area contributed by atoms with E-state index in [1.807, 2.05) is 42.6 Å². The molecule has 222 valence electrons. The molecule has 0 spiro atoms. The fourth-order valence-electron chi connectivity index (χ4n) is 7.18. The number of hydrogen-bond acceptors (Lipinski definition) is 2. The molecule has 7 aromatic rings. The highest BCUT2D eigenvalue weighted by atomic mass is 16.5. The second kappa shape index (κ2) is 11.1. The normalized spacial score (nSPS) is 12.7. The van der Waals surface area contributed by atoms with E-state index in [2.05, 4.69) is 88.5 Å². The quantitative estimate of drug-likeness (QED) is 0.153. The van der Waals surface area contributed by atoms with Crippen molar-refractivity contribution in [2.45, 2.75) is 41.5 Å². The number of nitrogens with zero attached hydrogens (tertiary/aromatic N) is 4. The van der Waals surface area contributed by atoms with Crippen molar-refractivity contribution in [3.63, 3.8) is 0 Å². The largest absolute Gasteiger partial charge is 0.457 e. The SMILES string of the molecule is [2H]C([2H])([2H])[n+]1ccn(-c2cccc(Oc3ccc4c(c3)c3ncccc3n4B(c3c(C)cc(C)cc3C)c3c(C)cc(C)cc3C)c2)c1. The van der Waals surface area contributed by atoms with Crippen LogP contribution in [-0.2, 0) is 6.98 Å². The van der Waals surface area contributed by atoms with E-state index in [0.717, 1.165) is 27.6 Å². The van der Waals surface area contributed by atoms with Crippen LogP contribution >= 0.6 is 0 Å². The van der Waals surface area contributed by atoms with Gasteiger partial charge in [-0.05, 0) is 94.9 Å². The number of fused-ring (bicyclic) bond motifs is 3. The van der Waals surface area contributed by atoms with Gasteiger partial charge in [0.1, 0.15) is 29.6 Å². The Labute approximate surface area is 269 Å². The Morgan fingerprint density at radius 3 is 2.04 bits per heavy atom. The highest BCUT2D eigenvalue weighted by Crippen LogP contribution is 2.33. The number of pyridine rings is 1. The van der Waals surface area contributed by atoms with E-state index in [1.165, 1.54) is 48.9 Å². The van der Waals surface area contributed by atoms with Crippen molar-refractivity contribution in [2.24, 2.45) is 6.98 Å². The number of imidazole rings is 1. The summed E-state index contributed by atoms with van der Waals surface area (Å²) in [5, 5.41) is 1.01. The lowest BCUT2D eigenvalue weighted by atomic mass is 9.46. The molecule has 6 heteroatoms. The van der Waals surface area contributed by atoms with Gasteiger partial charge >= 0.3 is 6.85 Å². The summed E-state index contributed by atoms with van der Waals surface area (Å²) in [4.78, 5) is 4.91. The highest BCUT2D eigenvalue weighted by Gasteiger charge is 2.32. The third-order valence-electron chi connectivity index (χ3n) is 8.80. The molecular weight excluding hydrogens is 551 g/mol. The molecule has 0 fully saturated rings. The average Bonchev–Trinajstić information content (AvgIpc) is 3.64. The molecular formula is C39H38BN4O+. The number of aromatic nitrogens is 4. The fourth-order valence-corrected chi connectivity index (χ4v) is 7.18. The number of aryl methyl sites for hydroxylation is 7. The van der Waals surface area contributed by atoms with E-state index in [-0.39, 0.29) is 6.85 Å². The summed E-state index contributed by atoms with van der Waals surface area (Å²) in [5.74, 6) is 1.34. The first-order valence-corrected chi connectivity index (χ1v) is 15.3. The summed E-state index contributed by atoms with van der Waals surface area (Å²) in [5.41, 5.74) is 14.0. The molecule has 0 N–H and O–H groups in total. The molecule has 0 atom stereocenters. The van der Waals surface area contributed by atoms with Gasteiger partial charge in [-0.2, -0.15) is 0 Å². The van der Waals surface area contributed by atoms with Crippen LogP contribution in [0.1, 0.15) is 37.5 Å². The molecule has 0 saturated carbocycles. The van der Waals surface area contributed by atoms with Crippen molar-refractivity contribution in [1.29, 1.82) is 0 Å². The molecule has 0 bridgehead atoms. The van der Waals surface area contributed by atoms with Gasteiger partial charge in [0, 0.05) is 23.2 Å². The van der Waals surface area contributed by atoms with E-state index in [1.54, 1.807) is 23.3 Å². The van der Waals surface area contributed by atoms with E-state index in [0.29, 0.717) is 11.5 Å². The lowest BCUT2D eigenvalue weighted by molar-refractivity contribution is -0.670. The van der Waals surface area contributed by atoms with Crippen LogP contribution in [0.4, 0.5) is 0 Å². The van der Waals surface area contributed by atoms with E-state index >= 15 is 0 Å². The summed E-state index contributed by atoms with van der Waals surface area (Å²) in [7, 11) is 0. The van der Waals surface area contributed by atoms with Crippen LogP contribution in [0, 0.1) is 41.5 Å². The van der Waals surface area contributed by atoms with Crippen LogP contribution in [0.25, 0.3) is 27.6 Å². The molecule has 0 saturated heterocycles. The minimum absolute atomic E-state index is 0.0712. The topological polar surface area (TPSA) is 35.9 Å². The van der Waals surface area contributed by atoms with Gasteiger partial charge < -0.3 is 9.21 Å². The summed E-state index contributed by atoms with van der Waals surface area (Å²) < 4.78 is 35.0. The Hall–Kier alpha value is -5.10. The predicted octanol–water partition coefficient (Wildman–Crippen LogP) is 7.10. The zero-order valence-electron chi connectivity index (χ0n) is 29.6. The van der Waals surface area contributed by atoms with Crippen LogP contribution in [-0.4, -0.2) is 20.9 Å². The van der Waals surface area contributed by atoms with Crippen molar-refractivity contribution in [3.05, 3.63) is 137 Å². The van der Waals surface area contributed by atoms with Gasteiger partial charge in [-0.1, -0.05) is 63.7 Å². The molecule has 4 aromatic carbocycles. The Morgan fingerprint density at radius 1 is 0.733 bits per heavy atom. The van der Waals surface area contributed by atoms with Crippen LogP contribution in [0.2, 0.25) is 0 Å². The molecule has 3 heterocycles. The Bertz CT molecular complexity index is 2250. The Morgan fingerprint density at radius 2 is 1.40 bits per heavy atom. The van der Waals surface area contributed by atoms with Crippen molar-refractivity contribution in [2.75, 3.05) is 0 Å². The van der Waals surface area contributed by atoms with Gasteiger partial charge in [-0.25, -0.2) is 9.13 Å². The lowest BCUT2D eigenvalue weighted by Gasteiger charge is -2.26. The first-order chi connectivity index (χ1) is 22.9. The summed E-state index contributed by atoms with van der Waals surface area (Å²) in [6, 6.07) is 27.2. The number of hydrogen-bond donors (Lipinski definition) is 0. The summed E-state index contributed by atoms with van der Waals surface area (Å²) in [6.45, 7) is 10.9.